The molecule has 0 bridgehead atoms. The third-order valence-electron chi connectivity index (χ3n) is 8.74. The molecule has 214 valence electrons. The Morgan fingerprint density at radius 3 is 1.78 bits per heavy atom. The van der Waals surface area contributed by atoms with Crippen LogP contribution in [0.2, 0.25) is 0 Å². The summed E-state index contributed by atoms with van der Waals surface area (Å²) in [4.78, 5) is 19.7. The van der Waals surface area contributed by atoms with Gasteiger partial charge in [0, 0.05) is 56.0 Å². The first-order valence-corrected chi connectivity index (χ1v) is 15.4. The molecule has 4 nitrogen and oxygen atoms in total. The van der Waals surface area contributed by atoms with E-state index in [1.54, 1.807) is 0 Å². The molecule has 0 saturated carbocycles. The Kier molecular flexibility index (Phi) is 6.10. The predicted molar refractivity (Wildman–Crippen MR) is 189 cm³/mol. The minimum atomic E-state index is 0.905. The van der Waals surface area contributed by atoms with E-state index in [1.807, 2.05) is 48.8 Å². The molecule has 0 radical (unpaired) electrons. The van der Waals surface area contributed by atoms with Gasteiger partial charge in [0.2, 0.25) is 0 Å². The molecule has 0 spiro atoms. The number of nitrogens with zero attached hydrogens (tertiary/aromatic N) is 4. The van der Waals surface area contributed by atoms with Crippen LogP contribution in [0, 0.1) is 0 Å². The van der Waals surface area contributed by atoms with Gasteiger partial charge < -0.3 is 0 Å². The number of benzene rings is 5. The van der Waals surface area contributed by atoms with Crippen LogP contribution in [-0.4, -0.2) is 19.9 Å². The van der Waals surface area contributed by atoms with E-state index < -0.39 is 0 Å². The highest BCUT2D eigenvalue weighted by Gasteiger charge is 2.15. The zero-order chi connectivity index (χ0) is 30.5. The summed E-state index contributed by atoms with van der Waals surface area (Å²) in [6, 6.07) is 50.7. The van der Waals surface area contributed by atoms with Crippen LogP contribution in [0.5, 0.6) is 0 Å². The van der Waals surface area contributed by atoms with Gasteiger partial charge in [-0.15, -0.1) is 0 Å². The maximum Gasteiger partial charge on any atom is 0.0972 e. The van der Waals surface area contributed by atoms with E-state index in [0.717, 1.165) is 83.0 Å². The van der Waals surface area contributed by atoms with Gasteiger partial charge in [0.25, 0.3) is 0 Å². The molecule has 0 aliphatic rings. The first kappa shape index (κ1) is 26.2. The molecule has 4 aromatic heterocycles. The lowest BCUT2D eigenvalue weighted by Crippen LogP contribution is -1.93. The molecule has 0 aliphatic heterocycles. The topological polar surface area (TPSA) is 51.6 Å². The lowest BCUT2D eigenvalue weighted by molar-refractivity contribution is 1.32. The Hall–Kier alpha value is -6.26. The van der Waals surface area contributed by atoms with Crippen LogP contribution >= 0.6 is 0 Å². The van der Waals surface area contributed by atoms with Gasteiger partial charge in [0.1, 0.15) is 0 Å². The number of pyridine rings is 4. The third-order valence-corrected chi connectivity index (χ3v) is 8.74. The first-order valence-electron chi connectivity index (χ1n) is 15.4. The molecule has 4 heterocycles. The largest absolute Gasteiger partial charge is 0.265 e. The molecule has 5 aromatic carbocycles. The maximum absolute atomic E-state index is 5.23. The van der Waals surface area contributed by atoms with Crippen LogP contribution in [0.4, 0.5) is 0 Å². The number of rotatable bonds is 4. The Morgan fingerprint density at radius 2 is 1.00 bits per heavy atom. The molecule has 0 saturated heterocycles. The second kappa shape index (κ2) is 10.7. The third kappa shape index (κ3) is 4.39. The van der Waals surface area contributed by atoms with Crippen molar-refractivity contribution in [1.82, 2.24) is 19.9 Å². The average molecular weight is 587 g/mol. The minimum Gasteiger partial charge on any atom is -0.265 e. The number of fused-ring (bicyclic) bond motifs is 6. The van der Waals surface area contributed by atoms with Crippen molar-refractivity contribution in [3.8, 4) is 44.9 Å². The van der Waals surface area contributed by atoms with Crippen molar-refractivity contribution in [3.63, 3.8) is 0 Å². The molecule has 9 rings (SSSR count). The van der Waals surface area contributed by atoms with Crippen molar-refractivity contribution in [3.05, 3.63) is 158 Å². The van der Waals surface area contributed by atoms with Gasteiger partial charge in [-0.2, -0.15) is 0 Å². The molecular formula is C42H26N4. The first-order chi connectivity index (χ1) is 22.8. The van der Waals surface area contributed by atoms with Crippen molar-refractivity contribution in [2.75, 3.05) is 0 Å². The highest BCUT2D eigenvalue weighted by molar-refractivity contribution is 6.17. The summed E-state index contributed by atoms with van der Waals surface area (Å²) < 4.78 is 0. The predicted octanol–water partition coefficient (Wildman–Crippen LogP) is 10.5. The summed E-state index contributed by atoms with van der Waals surface area (Å²) in [6.45, 7) is 0. The minimum absolute atomic E-state index is 0.905. The van der Waals surface area contributed by atoms with Crippen molar-refractivity contribution < 1.29 is 0 Å². The van der Waals surface area contributed by atoms with Gasteiger partial charge in [-0.1, -0.05) is 109 Å². The van der Waals surface area contributed by atoms with Crippen LogP contribution in [0.3, 0.4) is 0 Å². The molecule has 0 amide bonds. The standard InChI is InChI=1S/C42H26N4/c1-2-8-27(9-3-1)36-20-18-28-16-17-29-19-21-37(45-42(29)41(28)44-36)32-11-6-10-31(26-32)33-13-7-14-35-39(33)34-12-4-5-15-38(34)46-40(35)30-22-24-43-25-23-30/h1-26H. The highest BCUT2D eigenvalue weighted by Crippen LogP contribution is 2.39. The Balaban J connectivity index is 1.22. The molecule has 9 aromatic rings. The second-order valence-corrected chi connectivity index (χ2v) is 11.5. The summed E-state index contributed by atoms with van der Waals surface area (Å²) in [6.07, 6.45) is 3.65. The van der Waals surface area contributed by atoms with Gasteiger partial charge in [0.15, 0.2) is 0 Å². The molecule has 46 heavy (non-hydrogen) atoms. The molecule has 0 fully saturated rings. The van der Waals surface area contributed by atoms with Gasteiger partial charge in [-0.3, -0.25) is 4.98 Å². The number of hydrogen-bond donors (Lipinski definition) is 0. The van der Waals surface area contributed by atoms with Gasteiger partial charge in [-0.25, -0.2) is 15.0 Å². The van der Waals surface area contributed by atoms with E-state index in [4.69, 9.17) is 15.0 Å². The van der Waals surface area contributed by atoms with Crippen LogP contribution in [-0.2, 0) is 0 Å². The average Bonchev–Trinajstić information content (AvgIpc) is 3.14. The van der Waals surface area contributed by atoms with Crippen LogP contribution in [0.15, 0.2) is 158 Å². The normalized spacial score (nSPS) is 11.5. The van der Waals surface area contributed by atoms with Crippen LogP contribution < -0.4 is 0 Å². The van der Waals surface area contributed by atoms with E-state index in [0.29, 0.717) is 0 Å². The van der Waals surface area contributed by atoms with Crippen molar-refractivity contribution in [2.24, 2.45) is 0 Å². The SMILES string of the molecule is c1ccc(-c2ccc3ccc4ccc(-c5cccc(-c6cccc7c(-c8ccncc8)nc8ccccc8c67)c5)nc4c3n2)cc1. The fraction of sp³-hybridized carbons (Fsp3) is 0. The summed E-state index contributed by atoms with van der Waals surface area (Å²) in [5, 5.41) is 5.58. The number of para-hydroxylation sites is 1. The molecular weight excluding hydrogens is 560 g/mol. The highest BCUT2D eigenvalue weighted by atomic mass is 14.8. The van der Waals surface area contributed by atoms with Crippen molar-refractivity contribution >= 4 is 43.5 Å². The second-order valence-electron chi connectivity index (χ2n) is 11.5. The van der Waals surface area contributed by atoms with Crippen LogP contribution in [0.1, 0.15) is 0 Å². The fourth-order valence-corrected chi connectivity index (χ4v) is 6.52. The summed E-state index contributed by atoms with van der Waals surface area (Å²) in [7, 11) is 0. The van der Waals surface area contributed by atoms with E-state index >= 15 is 0 Å². The van der Waals surface area contributed by atoms with E-state index in [-0.39, 0.29) is 0 Å². The van der Waals surface area contributed by atoms with E-state index in [9.17, 15) is 0 Å². The Morgan fingerprint density at radius 1 is 0.391 bits per heavy atom. The molecule has 4 heteroatoms. The molecule has 0 N–H and O–H groups in total. The smallest absolute Gasteiger partial charge is 0.0972 e. The van der Waals surface area contributed by atoms with E-state index in [1.165, 1.54) is 5.39 Å². The Bertz CT molecular complexity index is 2580. The zero-order valence-corrected chi connectivity index (χ0v) is 24.8. The molecule has 0 aliphatic carbocycles. The lowest BCUT2D eigenvalue weighted by Gasteiger charge is -2.15. The maximum atomic E-state index is 5.23. The monoisotopic (exact) mass is 586 g/mol. The summed E-state index contributed by atoms with van der Waals surface area (Å²) >= 11 is 0. The zero-order valence-electron chi connectivity index (χ0n) is 24.8. The Labute approximate surface area is 265 Å². The van der Waals surface area contributed by atoms with Crippen molar-refractivity contribution in [2.45, 2.75) is 0 Å². The van der Waals surface area contributed by atoms with E-state index in [2.05, 4.69) is 114 Å². The summed E-state index contributed by atoms with van der Waals surface area (Å²) in [5.41, 5.74) is 11.1. The molecule has 0 unspecified atom stereocenters. The quantitative estimate of drug-likeness (QED) is 0.193. The van der Waals surface area contributed by atoms with Crippen molar-refractivity contribution in [1.29, 1.82) is 0 Å². The summed E-state index contributed by atoms with van der Waals surface area (Å²) in [5.74, 6) is 0. The van der Waals surface area contributed by atoms with Gasteiger partial charge >= 0.3 is 0 Å². The molecule has 0 atom stereocenters. The van der Waals surface area contributed by atoms with Gasteiger partial charge in [-0.05, 0) is 47.5 Å². The van der Waals surface area contributed by atoms with Gasteiger partial charge in [0.05, 0.1) is 33.6 Å². The number of aromatic nitrogens is 4. The number of hydrogen-bond acceptors (Lipinski definition) is 4. The lowest BCUT2D eigenvalue weighted by atomic mass is 9.92. The van der Waals surface area contributed by atoms with Crippen LogP contribution in [0.25, 0.3) is 88.4 Å². The fourth-order valence-electron chi connectivity index (χ4n) is 6.52.